The minimum atomic E-state index is 0.246. The summed E-state index contributed by atoms with van der Waals surface area (Å²) in [4.78, 5) is 2.34. The van der Waals surface area contributed by atoms with Crippen LogP contribution in [0.15, 0.2) is 0 Å². The quantitative estimate of drug-likeness (QED) is 0.630. The monoisotopic (exact) mass is 197 g/mol. The molecule has 2 nitrogen and oxygen atoms in total. The van der Waals surface area contributed by atoms with Crippen LogP contribution >= 0.6 is 0 Å². The van der Waals surface area contributed by atoms with Crippen LogP contribution in [0.3, 0.4) is 0 Å². The zero-order valence-corrected chi connectivity index (χ0v) is 9.71. The standard InChI is InChI=1S/C12H23NO/c1-4-7-8-9-13(10-11-14)12(5-2)6-3/h12,14H,5-6,8-11H2,1-3H3. The van der Waals surface area contributed by atoms with Crippen molar-refractivity contribution in [3.63, 3.8) is 0 Å². The maximum absolute atomic E-state index is 8.96. The third-order valence-electron chi connectivity index (χ3n) is 2.55. The largest absolute Gasteiger partial charge is 0.395 e. The first-order valence-corrected chi connectivity index (χ1v) is 5.54. The van der Waals surface area contributed by atoms with Crippen LogP contribution in [0.25, 0.3) is 0 Å². The average Bonchev–Trinajstić information content (AvgIpc) is 2.20. The van der Waals surface area contributed by atoms with Crippen molar-refractivity contribution in [2.45, 2.75) is 46.1 Å². The summed E-state index contributed by atoms with van der Waals surface area (Å²) in [6.07, 6.45) is 3.21. The van der Waals surface area contributed by atoms with Crippen molar-refractivity contribution in [2.75, 3.05) is 19.7 Å². The van der Waals surface area contributed by atoms with Gasteiger partial charge in [-0.3, -0.25) is 4.90 Å². The number of nitrogens with zero attached hydrogens (tertiary/aromatic N) is 1. The molecule has 0 aromatic rings. The molecule has 0 aliphatic carbocycles. The highest BCUT2D eigenvalue weighted by molar-refractivity contribution is 4.95. The van der Waals surface area contributed by atoms with Crippen LogP contribution < -0.4 is 0 Å². The number of hydrogen-bond donors (Lipinski definition) is 1. The molecule has 0 radical (unpaired) electrons. The molecule has 0 saturated heterocycles. The van der Waals surface area contributed by atoms with E-state index < -0.39 is 0 Å². The van der Waals surface area contributed by atoms with E-state index in [-0.39, 0.29) is 6.61 Å². The third kappa shape index (κ3) is 5.26. The fourth-order valence-corrected chi connectivity index (χ4v) is 1.73. The topological polar surface area (TPSA) is 23.5 Å². The van der Waals surface area contributed by atoms with Crippen LogP contribution in [-0.2, 0) is 0 Å². The lowest BCUT2D eigenvalue weighted by Gasteiger charge is -2.29. The van der Waals surface area contributed by atoms with Gasteiger partial charge in [0.05, 0.1) is 6.61 Å². The lowest BCUT2D eigenvalue weighted by Crippen LogP contribution is -2.37. The number of hydrogen-bond acceptors (Lipinski definition) is 2. The van der Waals surface area contributed by atoms with Gasteiger partial charge in [-0.1, -0.05) is 13.8 Å². The van der Waals surface area contributed by atoms with Gasteiger partial charge in [0.25, 0.3) is 0 Å². The summed E-state index contributed by atoms with van der Waals surface area (Å²) >= 11 is 0. The normalized spacial score (nSPS) is 10.4. The van der Waals surface area contributed by atoms with Gasteiger partial charge in [-0.05, 0) is 19.8 Å². The number of rotatable bonds is 7. The summed E-state index contributed by atoms with van der Waals surface area (Å²) in [7, 11) is 0. The predicted octanol–water partition coefficient (Wildman–Crippen LogP) is 1.88. The van der Waals surface area contributed by atoms with Crippen molar-refractivity contribution < 1.29 is 5.11 Å². The summed E-state index contributed by atoms with van der Waals surface area (Å²) in [5, 5.41) is 8.96. The lowest BCUT2D eigenvalue weighted by atomic mass is 10.1. The zero-order valence-electron chi connectivity index (χ0n) is 9.71. The fourth-order valence-electron chi connectivity index (χ4n) is 1.73. The maximum Gasteiger partial charge on any atom is 0.0558 e. The predicted molar refractivity (Wildman–Crippen MR) is 61.1 cm³/mol. The van der Waals surface area contributed by atoms with Crippen molar-refractivity contribution >= 4 is 0 Å². The van der Waals surface area contributed by atoms with Crippen molar-refractivity contribution in [3.05, 3.63) is 0 Å². The molecule has 0 heterocycles. The van der Waals surface area contributed by atoms with E-state index in [2.05, 4.69) is 30.6 Å². The Bertz CT molecular complexity index is 176. The van der Waals surface area contributed by atoms with Gasteiger partial charge in [-0.2, -0.15) is 0 Å². The van der Waals surface area contributed by atoms with Crippen LogP contribution in [-0.4, -0.2) is 35.7 Å². The molecule has 2 heteroatoms. The highest BCUT2D eigenvalue weighted by Crippen LogP contribution is 2.08. The Morgan fingerprint density at radius 1 is 1.21 bits per heavy atom. The Balaban J connectivity index is 4.01. The molecule has 0 aliphatic rings. The van der Waals surface area contributed by atoms with Gasteiger partial charge < -0.3 is 5.11 Å². The van der Waals surface area contributed by atoms with Gasteiger partial charge in [0.2, 0.25) is 0 Å². The summed E-state index contributed by atoms with van der Waals surface area (Å²) in [6, 6.07) is 0.598. The minimum absolute atomic E-state index is 0.246. The molecular formula is C12H23NO. The highest BCUT2D eigenvalue weighted by atomic mass is 16.3. The smallest absolute Gasteiger partial charge is 0.0558 e. The first-order valence-electron chi connectivity index (χ1n) is 5.54. The minimum Gasteiger partial charge on any atom is -0.395 e. The summed E-state index contributed by atoms with van der Waals surface area (Å²) in [5.74, 6) is 5.97. The zero-order chi connectivity index (χ0) is 10.8. The first kappa shape index (κ1) is 13.5. The lowest BCUT2D eigenvalue weighted by molar-refractivity contribution is 0.146. The molecule has 0 atom stereocenters. The Hall–Kier alpha value is -0.520. The van der Waals surface area contributed by atoms with Crippen LogP contribution in [0.2, 0.25) is 0 Å². The average molecular weight is 197 g/mol. The molecule has 14 heavy (non-hydrogen) atoms. The van der Waals surface area contributed by atoms with Crippen molar-refractivity contribution in [3.8, 4) is 11.8 Å². The van der Waals surface area contributed by atoms with E-state index >= 15 is 0 Å². The van der Waals surface area contributed by atoms with E-state index in [9.17, 15) is 0 Å². The van der Waals surface area contributed by atoms with E-state index in [1.165, 1.54) is 0 Å². The van der Waals surface area contributed by atoms with E-state index in [0.29, 0.717) is 6.04 Å². The Kier molecular flexibility index (Phi) is 8.72. The van der Waals surface area contributed by atoms with Gasteiger partial charge in [0, 0.05) is 25.6 Å². The summed E-state index contributed by atoms with van der Waals surface area (Å²) in [5.41, 5.74) is 0. The summed E-state index contributed by atoms with van der Waals surface area (Å²) < 4.78 is 0. The van der Waals surface area contributed by atoms with Gasteiger partial charge in [0.1, 0.15) is 0 Å². The Morgan fingerprint density at radius 2 is 1.86 bits per heavy atom. The number of aliphatic hydroxyl groups excluding tert-OH is 1. The van der Waals surface area contributed by atoms with Crippen LogP contribution in [0.1, 0.15) is 40.0 Å². The second kappa shape index (κ2) is 9.05. The molecular weight excluding hydrogens is 174 g/mol. The fraction of sp³-hybridized carbons (Fsp3) is 0.833. The van der Waals surface area contributed by atoms with Gasteiger partial charge in [-0.15, -0.1) is 11.8 Å². The van der Waals surface area contributed by atoms with Crippen LogP contribution in [0.4, 0.5) is 0 Å². The van der Waals surface area contributed by atoms with Gasteiger partial charge >= 0.3 is 0 Å². The van der Waals surface area contributed by atoms with Crippen LogP contribution in [0.5, 0.6) is 0 Å². The molecule has 0 spiro atoms. The van der Waals surface area contributed by atoms with E-state index in [4.69, 9.17) is 5.11 Å². The van der Waals surface area contributed by atoms with Gasteiger partial charge in [0.15, 0.2) is 0 Å². The van der Waals surface area contributed by atoms with Crippen LogP contribution in [0, 0.1) is 11.8 Å². The van der Waals surface area contributed by atoms with E-state index in [1.807, 2.05) is 6.92 Å². The van der Waals surface area contributed by atoms with Crippen molar-refractivity contribution in [2.24, 2.45) is 0 Å². The van der Waals surface area contributed by atoms with E-state index in [1.54, 1.807) is 0 Å². The first-order chi connectivity index (χ1) is 6.79. The molecule has 82 valence electrons. The van der Waals surface area contributed by atoms with Gasteiger partial charge in [-0.25, -0.2) is 0 Å². The molecule has 0 saturated carbocycles. The van der Waals surface area contributed by atoms with Crippen molar-refractivity contribution in [1.82, 2.24) is 4.90 Å². The van der Waals surface area contributed by atoms with E-state index in [0.717, 1.165) is 32.4 Å². The molecule has 0 aromatic carbocycles. The molecule has 0 rings (SSSR count). The Morgan fingerprint density at radius 3 is 2.29 bits per heavy atom. The molecule has 0 bridgehead atoms. The molecule has 0 unspecified atom stereocenters. The third-order valence-corrected chi connectivity index (χ3v) is 2.55. The Labute approximate surface area is 88.3 Å². The second-order valence-corrected chi connectivity index (χ2v) is 3.41. The maximum atomic E-state index is 8.96. The SMILES string of the molecule is CC#CCCN(CCO)C(CC)CC. The number of aliphatic hydroxyl groups is 1. The molecule has 0 aliphatic heterocycles. The molecule has 0 amide bonds. The second-order valence-electron chi connectivity index (χ2n) is 3.41. The summed E-state index contributed by atoms with van der Waals surface area (Å²) in [6.45, 7) is 8.27. The van der Waals surface area contributed by atoms with Crippen molar-refractivity contribution in [1.29, 1.82) is 0 Å². The molecule has 1 N–H and O–H groups in total. The molecule has 0 aromatic heterocycles. The molecule has 0 fully saturated rings. The highest BCUT2D eigenvalue weighted by Gasteiger charge is 2.12.